The van der Waals surface area contributed by atoms with Gasteiger partial charge in [0.2, 0.25) is 0 Å². The molecule has 5 heteroatoms. The summed E-state index contributed by atoms with van der Waals surface area (Å²) in [4.78, 5) is 2.46. The van der Waals surface area contributed by atoms with Crippen LogP contribution in [0.25, 0.3) is 0 Å². The molecular formula is C20H34BrN3O. The van der Waals surface area contributed by atoms with Gasteiger partial charge in [-0.15, -0.1) is 0 Å². The summed E-state index contributed by atoms with van der Waals surface area (Å²) in [5, 5.41) is 6.44. The molecule has 0 aromatic heterocycles. The minimum absolute atomic E-state index is 0.793. The van der Waals surface area contributed by atoms with Crippen molar-refractivity contribution in [1.29, 1.82) is 0 Å². The first-order chi connectivity index (χ1) is 12.3. The molecule has 3 saturated heterocycles. The summed E-state index contributed by atoms with van der Waals surface area (Å²) in [6.45, 7) is 9.32. The van der Waals surface area contributed by atoms with E-state index in [1.807, 2.05) is 24.3 Å². The van der Waals surface area contributed by atoms with E-state index in [0.717, 1.165) is 23.4 Å². The molecule has 3 heterocycles. The maximum atomic E-state index is 5.66. The molecule has 0 aliphatic carbocycles. The lowest BCUT2D eigenvalue weighted by molar-refractivity contribution is 0.238. The Morgan fingerprint density at radius 3 is 1.76 bits per heavy atom. The van der Waals surface area contributed by atoms with Gasteiger partial charge < -0.3 is 15.4 Å². The van der Waals surface area contributed by atoms with Gasteiger partial charge in [0, 0.05) is 11.0 Å². The first kappa shape index (κ1) is 20.7. The number of nitrogens with zero attached hydrogens (tertiary/aromatic N) is 1. The second-order valence-electron chi connectivity index (χ2n) is 6.77. The van der Waals surface area contributed by atoms with Crippen molar-refractivity contribution >= 4 is 15.9 Å². The van der Waals surface area contributed by atoms with Crippen LogP contribution < -0.4 is 15.4 Å². The van der Waals surface area contributed by atoms with E-state index in [1.165, 1.54) is 77.8 Å². The van der Waals surface area contributed by atoms with Gasteiger partial charge in [0.15, 0.2) is 0 Å². The molecule has 142 valence electrons. The highest BCUT2D eigenvalue weighted by Crippen LogP contribution is 2.16. The Morgan fingerprint density at radius 2 is 1.32 bits per heavy atom. The minimum atomic E-state index is 0.793. The normalized spacial score (nSPS) is 19.7. The fourth-order valence-electron chi connectivity index (χ4n) is 3.08. The van der Waals surface area contributed by atoms with Crippen molar-refractivity contribution in [3.63, 3.8) is 0 Å². The van der Waals surface area contributed by atoms with Gasteiger partial charge in [-0.05, 0) is 102 Å². The van der Waals surface area contributed by atoms with E-state index in [1.54, 1.807) is 0 Å². The summed E-state index contributed by atoms with van der Waals surface area (Å²) in [7, 11) is 0. The molecule has 0 bridgehead atoms. The molecule has 3 fully saturated rings. The first-order valence-corrected chi connectivity index (χ1v) is 10.7. The molecule has 4 nitrogen and oxygen atoms in total. The van der Waals surface area contributed by atoms with Crippen molar-refractivity contribution in [3.05, 3.63) is 28.7 Å². The lowest BCUT2D eigenvalue weighted by Crippen LogP contribution is -2.25. The zero-order chi connectivity index (χ0) is 17.6. The van der Waals surface area contributed by atoms with E-state index < -0.39 is 0 Å². The predicted molar refractivity (Wildman–Crippen MR) is 110 cm³/mol. The third kappa shape index (κ3) is 10.2. The highest BCUT2D eigenvalue weighted by molar-refractivity contribution is 9.10. The Bertz CT molecular complexity index is 402. The van der Waals surface area contributed by atoms with E-state index in [-0.39, 0.29) is 0 Å². The van der Waals surface area contributed by atoms with Crippen LogP contribution in [0, 0.1) is 0 Å². The van der Waals surface area contributed by atoms with Gasteiger partial charge in [0.1, 0.15) is 12.4 Å². The lowest BCUT2D eigenvalue weighted by Gasteiger charge is -2.14. The van der Waals surface area contributed by atoms with Gasteiger partial charge in [0.25, 0.3) is 0 Å². The summed E-state index contributed by atoms with van der Waals surface area (Å²) < 4.78 is 6.75. The molecular weight excluding hydrogens is 378 g/mol. The first-order valence-electron chi connectivity index (χ1n) is 9.87. The van der Waals surface area contributed by atoms with Crippen LogP contribution in [0.3, 0.4) is 0 Å². The summed E-state index contributed by atoms with van der Waals surface area (Å²) >= 11 is 3.40. The van der Waals surface area contributed by atoms with Gasteiger partial charge in [0.05, 0.1) is 0 Å². The molecule has 3 aliphatic rings. The topological polar surface area (TPSA) is 36.5 Å². The van der Waals surface area contributed by atoms with E-state index in [2.05, 4.69) is 31.5 Å². The number of benzene rings is 1. The predicted octanol–water partition coefficient (Wildman–Crippen LogP) is 3.66. The molecule has 0 amide bonds. The molecule has 0 radical (unpaired) electrons. The van der Waals surface area contributed by atoms with Gasteiger partial charge in [-0.3, -0.25) is 4.90 Å². The van der Waals surface area contributed by atoms with Gasteiger partial charge >= 0.3 is 0 Å². The Morgan fingerprint density at radius 1 is 0.800 bits per heavy atom. The van der Waals surface area contributed by atoms with Crippen LogP contribution in [0.2, 0.25) is 0 Å². The van der Waals surface area contributed by atoms with Crippen LogP contribution in [0.5, 0.6) is 5.75 Å². The quantitative estimate of drug-likeness (QED) is 0.792. The fourth-order valence-corrected chi connectivity index (χ4v) is 3.34. The van der Waals surface area contributed by atoms with Crippen LogP contribution in [-0.2, 0) is 0 Å². The molecule has 0 spiro atoms. The molecule has 0 unspecified atom stereocenters. The molecule has 0 atom stereocenters. The van der Waals surface area contributed by atoms with Gasteiger partial charge in [-0.1, -0.05) is 15.9 Å². The molecule has 25 heavy (non-hydrogen) atoms. The van der Waals surface area contributed by atoms with Crippen molar-refractivity contribution < 1.29 is 4.74 Å². The van der Waals surface area contributed by atoms with Crippen molar-refractivity contribution in [2.24, 2.45) is 0 Å². The van der Waals surface area contributed by atoms with Crippen molar-refractivity contribution in [1.82, 2.24) is 15.5 Å². The van der Waals surface area contributed by atoms with E-state index in [0.29, 0.717) is 0 Å². The van der Waals surface area contributed by atoms with Crippen LogP contribution in [-0.4, -0.2) is 57.3 Å². The number of likely N-dealkylation sites (tertiary alicyclic amines) is 1. The van der Waals surface area contributed by atoms with Crippen molar-refractivity contribution in [2.45, 2.75) is 38.5 Å². The largest absolute Gasteiger partial charge is 0.492 e. The average molecular weight is 412 g/mol. The summed E-state index contributed by atoms with van der Waals surface area (Å²) in [5.74, 6) is 0.956. The highest BCUT2D eigenvalue weighted by Gasteiger charge is 2.10. The van der Waals surface area contributed by atoms with E-state index in [9.17, 15) is 0 Å². The Labute approximate surface area is 161 Å². The van der Waals surface area contributed by atoms with E-state index >= 15 is 0 Å². The fraction of sp³-hybridized carbons (Fsp3) is 0.700. The zero-order valence-electron chi connectivity index (χ0n) is 15.4. The second kappa shape index (κ2) is 13.6. The molecule has 3 aliphatic heterocycles. The van der Waals surface area contributed by atoms with Crippen LogP contribution in [0.4, 0.5) is 0 Å². The van der Waals surface area contributed by atoms with Crippen molar-refractivity contribution in [3.8, 4) is 5.75 Å². The van der Waals surface area contributed by atoms with Gasteiger partial charge in [-0.25, -0.2) is 0 Å². The monoisotopic (exact) mass is 411 g/mol. The summed E-state index contributed by atoms with van der Waals surface area (Å²) in [5.41, 5.74) is 0. The number of hydrogen-bond donors (Lipinski definition) is 2. The number of ether oxygens (including phenoxy) is 1. The van der Waals surface area contributed by atoms with Crippen LogP contribution >= 0.6 is 15.9 Å². The van der Waals surface area contributed by atoms with Crippen molar-refractivity contribution in [2.75, 3.05) is 52.4 Å². The Balaban J connectivity index is 0.000000182. The average Bonchev–Trinajstić information content (AvgIpc) is 3.41. The highest BCUT2D eigenvalue weighted by atomic mass is 79.9. The molecule has 1 aromatic rings. The number of hydrogen-bond acceptors (Lipinski definition) is 4. The third-order valence-corrected chi connectivity index (χ3v) is 5.13. The maximum Gasteiger partial charge on any atom is 0.119 e. The standard InChI is InChI=1S/C12H16BrNO.2C4H9N/c13-11-3-5-12(6-4-11)15-10-9-14-7-1-2-8-14;2*1-2-4-5-3-1/h3-6H,1-2,7-10H2;2*5H,1-4H2. The molecule has 2 N–H and O–H groups in total. The summed E-state index contributed by atoms with van der Waals surface area (Å²) in [6.07, 6.45) is 8.25. The molecule has 0 saturated carbocycles. The molecule has 1 aromatic carbocycles. The zero-order valence-corrected chi connectivity index (χ0v) is 17.0. The number of halogens is 1. The lowest BCUT2D eigenvalue weighted by atomic mass is 10.3. The Hall–Kier alpha value is -0.620. The number of rotatable bonds is 4. The smallest absolute Gasteiger partial charge is 0.119 e. The van der Waals surface area contributed by atoms with Gasteiger partial charge in [-0.2, -0.15) is 0 Å². The minimum Gasteiger partial charge on any atom is -0.492 e. The number of nitrogens with one attached hydrogen (secondary N) is 2. The van der Waals surface area contributed by atoms with Crippen LogP contribution in [0.15, 0.2) is 28.7 Å². The SMILES string of the molecule is Brc1ccc(OCCN2CCCC2)cc1.C1CCNC1.C1CCNC1. The second-order valence-corrected chi connectivity index (χ2v) is 7.68. The third-order valence-electron chi connectivity index (χ3n) is 4.60. The summed E-state index contributed by atoms with van der Waals surface area (Å²) in [6, 6.07) is 8.00. The Kier molecular flexibility index (Phi) is 11.2. The molecule has 4 rings (SSSR count). The van der Waals surface area contributed by atoms with Crippen LogP contribution in [0.1, 0.15) is 38.5 Å². The van der Waals surface area contributed by atoms with E-state index in [4.69, 9.17) is 4.74 Å². The maximum absolute atomic E-state index is 5.66.